The molecule has 2 nitrogen and oxygen atoms in total. The summed E-state index contributed by atoms with van der Waals surface area (Å²) in [5, 5.41) is 0. The molecule has 2 aromatic carbocycles. The molecule has 3 aromatic rings. The van der Waals surface area contributed by atoms with E-state index in [-0.39, 0.29) is 0 Å². The van der Waals surface area contributed by atoms with Crippen LogP contribution in [0, 0.1) is 6.92 Å². The van der Waals surface area contributed by atoms with Crippen LogP contribution in [0.2, 0.25) is 0 Å². The predicted molar refractivity (Wildman–Crippen MR) is 91.9 cm³/mol. The third-order valence-electron chi connectivity index (χ3n) is 3.30. The Hall–Kier alpha value is -2.13. The molecule has 104 valence electrons. The van der Waals surface area contributed by atoms with Crippen molar-refractivity contribution >= 4 is 27.8 Å². The van der Waals surface area contributed by atoms with Gasteiger partial charge in [0.15, 0.2) is 0 Å². The maximum Gasteiger partial charge on any atom is 0.0639 e. The standard InChI is InChI=1S/C18H15BrN2/c1-14-12-15(9-10-18(14)19)20-13-17-8-5-11-21(17)16-6-3-2-4-7-16/h2-13H,1H3. The molecule has 0 unspecified atom stereocenters. The number of rotatable bonds is 3. The van der Waals surface area contributed by atoms with Crippen molar-refractivity contribution in [1.29, 1.82) is 0 Å². The minimum absolute atomic E-state index is 0.955. The van der Waals surface area contributed by atoms with E-state index in [1.165, 1.54) is 5.56 Å². The smallest absolute Gasteiger partial charge is 0.0639 e. The lowest BCUT2D eigenvalue weighted by atomic mass is 10.2. The summed E-state index contributed by atoms with van der Waals surface area (Å²) in [7, 11) is 0. The number of halogens is 1. The van der Waals surface area contributed by atoms with Crippen molar-refractivity contribution in [3.05, 3.63) is 82.6 Å². The number of benzene rings is 2. The zero-order valence-corrected chi connectivity index (χ0v) is 13.3. The summed E-state index contributed by atoms with van der Waals surface area (Å²) in [5.74, 6) is 0. The summed E-state index contributed by atoms with van der Waals surface area (Å²) < 4.78 is 3.23. The predicted octanol–water partition coefficient (Wildman–Crippen LogP) is 5.30. The number of aromatic nitrogens is 1. The molecule has 0 saturated heterocycles. The Bertz CT molecular complexity index is 773. The first-order valence-electron chi connectivity index (χ1n) is 6.77. The first-order chi connectivity index (χ1) is 10.2. The topological polar surface area (TPSA) is 17.3 Å². The number of para-hydroxylation sites is 1. The number of nitrogens with zero attached hydrogens (tertiary/aromatic N) is 2. The fraction of sp³-hybridized carbons (Fsp3) is 0.0556. The molecule has 0 aliphatic rings. The third-order valence-corrected chi connectivity index (χ3v) is 4.19. The van der Waals surface area contributed by atoms with Crippen LogP contribution >= 0.6 is 15.9 Å². The van der Waals surface area contributed by atoms with Crippen LogP contribution in [-0.4, -0.2) is 10.8 Å². The van der Waals surface area contributed by atoms with Gasteiger partial charge >= 0.3 is 0 Å². The van der Waals surface area contributed by atoms with Crippen molar-refractivity contribution in [2.45, 2.75) is 6.92 Å². The summed E-state index contributed by atoms with van der Waals surface area (Å²) in [6, 6.07) is 20.4. The lowest BCUT2D eigenvalue weighted by molar-refractivity contribution is 1.07. The number of hydrogen-bond acceptors (Lipinski definition) is 1. The molecule has 0 amide bonds. The molecule has 0 aliphatic carbocycles. The van der Waals surface area contributed by atoms with Crippen LogP contribution in [0.15, 0.2) is 76.3 Å². The molecule has 0 fully saturated rings. The number of hydrogen-bond donors (Lipinski definition) is 0. The van der Waals surface area contributed by atoms with Crippen molar-refractivity contribution in [2.75, 3.05) is 0 Å². The zero-order chi connectivity index (χ0) is 14.7. The van der Waals surface area contributed by atoms with Gasteiger partial charge in [-0.2, -0.15) is 0 Å². The molecule has 1 aromatic heterocycles. The van der Waals surface area contributed by atoms with E-state index in [1.54, 1.807) is 0 Å². The van der Waals surface area contributed by atoms with Crippen LogP contribution < -0.4 is 0 Å². The highest BCUT2D eigenvalue weighted by atomic mass is 79.9. The number of aliphatic imine (C=N–C) groups is 1. The van der Waals surface area contributed by atoms with E-state index in [0.717, 1.165) is 21.5 Å². The molecule has 0 saturated carbocycles. The molecule has 1 heterocycles. The molecular weight excluding hydrogens is 324 g/mol. The normalized spacial score (nSPS) is 11.1. The van der Waals surface area contributed by atoms with E-state index in [0.29, 0.717) is 0 Å². The molecule has 21 heavy (non-hydrogen) atoms. The van der Waals surface area contributed by atoms with Crippen molar-refractivity contribution in [2.24, 2.45) is 4.99 Å². The molecule has 0 N–H and O–H groups in total. The van der Waals surface area contributed by atoms with Crippen LogP contribution in [0.3, 0.4) is 0 Å². The fourth-order valence-electron chi connectivity index (χ4n) is 2.17. The largest absolute Gasteiger partial charge is 0.316 e. The first kappa shape index (κ1) is 13.8. The second kappa shape index (κ2) is 6.10. The quantitative estimate of drug-likeness (QED) is 0.576. The van der Waals surface area contributed by atoms with Crippen LogP contribution in [0.5, 0.6) is 0 Å². The summed E-state index contributed by atoms with van der Waals surface area (Å²) in [4.78, 5) is 4.57. The van der Waals surface area contributed by atoms with Gasteiger partial charge in [-0.1, -0.05) is 34.1 Å². The second-order valence-electron chi connectivity index (χ2n) is 4.83. The van der Waals surface area contributed by atoms with Gasteiger partial charge in [0.2, 0.25) is 0 Å². The van der Waals surface area contributed by atoms with E-state index in [1.807, 2.05) is 48.8 Å². The molecule has 0 atom stereocenters. The van der Waals surface area contributed by atoms with Crippen molar-refractivity contribution in [3.8, 4) is 5.69 Å². The maximum atomic E-state index is 4.57. The Labute approximate surface area is 132 Å². The Morgan fingerprint density at radius 1 is 1.00 bits per heavy atom. The van der Waals surface area contributed by atoms with E-state index in [2.05, 4.69) is 56.7 Å². The Morgan fingerprint density at radius 2 is 1.81 bits per heavy atom. The zero-order valence-electron chi connectivity index (χ0n) is 11.7. The lowest BCUT2D eigenvalue weighted by Gasteiger charge is -2.05. The monoisotopic (exact) mass is 338 g/mol. The van der Waals surface area contributed by atoms with Gasteiger partial charge in [-0.15, -0.1) is 0 Å². The summed E-state index contributed by atoms with van der Waals surface area (Å²) >= 11 is 3.51. The van der Waals surface area contributed by atoms with Crippen molar-refractivity contribution in [3.63, 3.8) is 0 Å². The van der Waals surface area contributed by atoms with E-state index >= 15 is 0 Å². The molecule has 3 heteroatoms. The van der Waals surface area contributed by atoms with Crippen LogP contribution in [0.1, 0.15) is 11.3 Å². The highest BCUT2D eigenvalue weighted by Gasteiger charge is 2.00. The van der Waals surface area contributed by atoms with Gasteiger partial charge in [0.05, 0.1) is 17.6 Å². The van der Waals surface area contributed by atoms with Gasteiger partial charge < -0.3 is 4.57 Å². The molecule has 0 spiro atoms. The minimum Gasteiger partial charge on any atom is -0.316 e. The maximum absolute atomic E-state index is 4.57. The summed E-state index contributed by atoms with van der Waals surface area (Å²) in [6.07, 6.45) is 3.94. The SMILES string of the molecule is Cc1cc(N=Cc2cccn2-c2ccccc2)ccc1Br. The average Bonchev–Trinajstić information content (AvgIpc) is 2.98. The van der Waals surface area contributed by atoms with E-state index in [9.17, 15) is 0 Å². The molecule has 0 radical (unpaired) electrons. The Morgan fingerprint density at radius 3 is 2.57 bits per heavy atom. The second-order valence-corrected chi connectivity index (χ2v) is 5.68. The van der Waals surface area contributed by atoms with Crippen molar-refractivity contribution < 1.29 is 0 Å². The molecule has 0 bridgehead atoms. The lowest BCUT2D eigenvalue weighted by Crippen LogP contribution is -1.97. The molecular formula is C18H15BrN2. The summed E-state index contributed by atoms with van der Waals surface area (Å²) in [6.45, 7) is 2.07. The molecule has 3 rings (SSSR count). The highest BCUT2D eigenvalue weighted by Crippen LogP contribution is 2.22. The third kappa shape index (κ3) is 3.14. The van der Waals surface area contributed by atoms with Crippen LogP contribution in [-0.2, 0) is 0 Å². The Kier molecular flexibility index (Phi) is 4.02. The van der Waals surface area contributed by atoms with Crippen LogP contribution in [0.4, 0.5) is 5.69 Å². The number of aryl methyl sites for hydroxylation is 1. The van der Waals surface area contributed by atoms with Gasteiger partial charge in [-0.05, 0) is 55.0 Å². The van der Waals surface area contributed by atoms with E-state index < -0.39 is 0 Å². The highest BCUT2D eigenvalue weighted by molar-refractivity contribution is 9.10. The van der Waals surface area contributed by atoms with Gasteiger partial charge in [0.25, 0.3) is 0 Å². The van der Waals surface area contributed by atoms with Gasteiger partial charge in [0, 0.05) is 16.4 Å². The molecule has 0 aliphatic heterocycles. The van der Waals surface area contributed by atoms with Gasteiger partial charge in [-0.3, -0.25) is 4.99 Å². The first-order valence-corrected chi connectivity index (χ1v) is 7.56. The fourth-order valence-corrected chi connectivity index (χ4v) is 2.42. The average molecular weight is 339 g/mol. The summed E-state index contributed by atoms with van der Waals surface area (Å²) in [5.41, 5.74) is 4.33. The van der Waals surface area contributed by atoms with Gasteiger partial charge in [0.1, 0.15) is 0 Å². The van der Waals surface area contributed by atoms with Crippen LogP contribution in [0.25, 0.3) is 5.69 Å². The van der Waals surface area contributed by atoms with E-state index in [4.69, 9.17) is 0 Å². The van der Waals surface area contributed by atoms with Gasteiger partial charge in [-0.25, -0.2) is 0 Å². The Balaban J connectivity index is 1.90. The van der Waals surface area contributed by atoms with Crippen molar-refractivity contribution in [1.82, 2.24) is 4.57 Å². The minimum atomic E-state index is 0.955.